The van der Waals surface area contributed by atoms with Gasteiger partial charge in [0.25, 0.3) is 0 Å². The highest BCUT2D eigenvalue weighted by Gasteiger charge is 2.30. The van der Waals surface area contributed by atoms with Gasteiger partial charge in [0.15, 0.2) is 23.0 Å². The van der Waals surface area contributed by atoms with E-state index in [0.717, 1.165) is 81.3 Å². The number of aryl methyl sites for hydroxylation is 2. The lowest BCUT2D eigenvalue weighted by Crippen LogP contribution is -2.45. The first-order valence-electron chi connectivity index (χ1n) is 19.6. The van der Waals surface area contributed by atoms with Crippen LogP contribution in [-0.2, 0) is 19.4 Å². The van der Waals surface area contributed by atoms with Gasteiger partial charge in [0.05, 0.1) is 28.4 Å². The molecule has 0 atom stereocenters. The summed E-state index contributed by atoms with van der Waals surface area (Å²) >= 11 is 0. The van der Waals surface area contributed by atoms with Crippen LogP contribution in [0.5, 0.6) is 23.0 Å². The summed E-state index contributed by atoms with van der Waals surface area (Å²) in [6.07, 6.45) is 13.4. The van der Waals surface area contributed by atoms with Crippen molar-refractivity contribution in [1.82, 2.24) is 4.90 Å². The molecule has 0 amide bonds. The van der Waals surface area contributed by atoms with Crippen LogP contribution in [0.1, 0.15) is 72.8 Å². The number of hydrogen-bond donors (Lipinski definition) is 1. The number of allylic oxidation sites excluding steroid dienone is 1. The first-order chi connectivity index (χ1) is 26.4. The molecular weight excluding hydrogens is 671 g/mol. The highest BCUT2D eigenvalue weighted by atomic mass is 16.5. The van der Waals surface area contributed by atoms with E-state index < -0.39 is 0 Å². The van der Waals surface area contributed by atoms with Crippen molar-refractivity contribution < 1.29 is 18.9 Å². The molecule has 1 aliphatic heterocycles. The van der Waals surface area contributed by atoms with Crippen molar-refractivity contribution in [3.63, 3.8) is 0 Å². The molecule has 286 valence electrons. The van der Waals surface area contributed by atoms with E-state index in [0.29, 0.717) is 12.0 Å². The van der Waals surface area contributed by atoms with Gasteiger partial charge in [0.1, 0.15) is 0 Å². The largest absolute Gasteiger partial charge is 0.493 e. The molecule has 6 rings (SSSR count). The molecule has 4 aromatic carbocycles. The molecule has 1 heterocycles. The Labute approximate surface area is 323 Å². The molecule has 0 unspecified atom stereocenters. The lowest BCUT2D eigenvalue weighted by atomic mass is 9.97. The van der Waals surface area contributed by atoms with Crippen LogP contribution in [0.4, 0.5) is 5.69 Å². The third kappa shape index (κ3) is 9.43. The van der Waals surface area contributed by atoms with E-state index in [-0.39, 0.29) is 0 Å². The molecule has 1 aliphatic carbocycles. The number of ether oxygens (including phenoxy) is 4. The van der Waals surface area contributed by atoms with E-state index in [2.05, 4.69) is 109 Å². The number of rotatable bonds is 17. The van der Waals surface area contributed by atoms with Crippen LogP contribution in [0.3, 0.4) is 0 Å². The zero-order valence-electron chi connectivity index (χ0n) is 33.2. The van der Waals surface area contributed by atoms with Crippen molar-refractivity contribution in [3.05, 3.63) is 125 Å². The Hall–Kier alpha value is -4.88. The van der Waals surface area contributed by atoms with Crippen LogP contribution in [0.25, 0.3) is 11.1 Å². The van der Waals surface area contributed by atoms with Gasteiger partial charge in [-0.05, 0) is 133 Å². The van der Waals surface area contributed by atoms with E-state index in [1.165, 1.54) is 63.0 Å². The smallest absolute Gasteiger partial charge is 0.164 e. The van der Waals surface area contributed by atoms with Crippen molar-refractivity contribution in [2.75, 3.05) is 53.0 Å². The Morgan fingerprint density at radius 3 is 2.17 bits per heavy atom. The van der Waals surface area contributed by atoms with Gasteiger partial charge in [-0.1, -0.05) is 61.4 Å². The summed E-state index contributed by atoms with van der Waals surface area (Å²) in [5.74, 6) is 3.85. The summed E-state index contributed by atoms with van der Waals surface area (Å²) in [6, 6.07) is 27.3. The number of nitrogens with zero attached hydrogens (tertiary/aromatic N) is 2. The predicted molar refractivity (Wildman–Crippen MR) is 222 cm³/mol. The molecule has 0 spiro atoms. The third-order valence-electron chi connectivity index (χ3n) is 11.0. The second-order valence-corrected chi connectivity index (χ2v) is 14.8. The molecule has 2 aliphatic rings. The van der Waals surface area contributed by atoms with E-state index in [1.807, 2.05) is 0 Å². The van der Waals surface area contributed by atoms with Gasteiger partial charge in [-0.2, -0.15) is 0 Å². The normalized spacial score (nSPS) is 15.4. The fourth-order valence-corrected chi connectivity index (χ4v) is 7.96. The van der Waals surface area contributed by atoms with E-state index in [1.54, 1.807) is 34.6 Å². The van der Waals surface area contributed by atoms with E-state index in [4.69, 9.17) is 24.7 Å². The number of anilines is 1. The Bertz CT molecular complexity index is 1910. The van der Waals surface area contributed by atoms with Crippen molar-refractivity contribution in [1.29, 1.82) is 0 Å². The Balaban J connectivity index is 1.17. The number of nitrogens with two attached hydrogens (primary N) is 1. The number of benzene rings is 4. The van der Waals surface area contributed by atoms with Crippen LogP contribution in [0.15, 0.2) is 96.7 Å². The monoisotopic (exact) mass is 729 g/mol. The minimum atomic E-state index is 0.427. The topological polar surface area (TPSA) is 69.4 Å². The second-order valence-electron chi connectivity index (χ2n) is 14.8. The first kappa shape index (κ1) is 38.8. The maximum Gasteiger partial charge on any atom is 0.164 e. The molecule has 2 fully saturated rings. The quantitative estimate of drug-likeness (QED) is 0.109. The lowest BCUT2D eigenvalue weighted by Gasteiger charge is -2.40. The van der Waals surface area contributed by atoms with Crippen molar-refractivity contribution in [2.45, 2.75) is 77.3 Å². The molecule has 1 saturated heterocycles. The summed E-state index contributed by atoms with van der Waals surface area (Å²) in [5.41, 5.74) is 17.1. The highest BCUT2D eigenvalue weighted by Crippen LogP contribution is 2.49. The number of methoxy groups -OCH3 is 4. The van der Waals surface area contributed by atoms with Crippen LogP contribution in [0.2, 0.25) is 0 Å². The fourth-order valence-electron chi connectivity index (χ4n) is 7.96. The summed E-state index contributed by atoms with van der Waals surface area (Å²) in [4.78, 5) is 5.20. The molecule has 54 heavy (non-hydrogen) atoms. The van der Waals surface area contributed by atoms with Crippen LogP contribution in [0, 0.1) is 6.92 Å². The maximum absolute atomic E-state index is 5.96. The van der Waals surface area contributed by atoms with E-state index >= 15 is 0 Å². The fraction of sp³-hybridized carbons (Fsp3) is 0.404. The molecule has 2 N–H and O–H groups in total. The molecule has 0 bridgehead atoms. The van der Waals surface area contributed by atoms with E-state index in [9.17, 15) is 0 Å². The van der Waals surface area contributed by atoms with Gasteiger partial charge >= 0.3 is 0 Å². The van der Waals surface area contributed by atoms with Crippen LogP contribution < -0.4 is 29.6 Å². The van der Waals surface area contributed by atoms with Crippen molar-refractivity contribution in [3.8, 4) is 34.1 Å². The molecule has 0 aromatic heterocycles. The van der Waals surface area contributed by atoms with Crippen LogP contribution in [-0.4, -0.2) is 59.0 Å². The number of piperidine rings is 1. The molecule has 4 aromatic rings. The zero-order valence-corrected chi connectivity index (χ0v) is 33.2. The molecule has 1 saturated carbocycles. The summed E-state index contributed by atoms with van der Waals surface area (Å²) in [7, 11) is 6.90. The van der Waals surface area contributed by atoms with Crippen LogP contribution >= 0.6 is 0 Å². The first-order valence-corrected chi connectivity index (χ1v) is 19.6. The van der Waals surface area contributed by atoms with Crippen molar-refractivity contribution in [2.24, 2.45) is 5.73 Å². The van der Waals surface area contributed by atoms with Gasteiger partial charge in [-0.15, -0.1) is 0 Å². The van der Waals surface area contributed by atoms with Gasteiger partial charge in [-0.3, -0.25) is 4.90 Å². The molecule has 0 radical (unpaired) electrons. The number of likely N-dealkylation sites (tertiary alicyclic amines) is 1. The van der Waals surface area contributed by atoms with Gasteiger partial charge in [0, 0.05) is 43.5 Å². The average molecular weight is 730 g/mol. The summed E-state index contributed by atoms with van der Waals surface area (Å²) < 4.78 is 23.0. The zero-order chi connectivity index (χ0) is 38.0. The maximum atomic E-state index is 5.96. The van der Waals surface area contributed by atoms with Gasteiger partial charge in [-0.25, -0.2) is 0 Å². The predicted octanol–water partition coefficient (Wildman–Crippen LogP) is 9.64. The lowest BCUT2D eigenvalue weighted by molar-refractivity contribution is 0.224. The SMILES string of the molecule is CCCc1cc(C/C=C(\C=C/N)CN2CCC(N(Cc3cccc(-c4cc(OC)c(OC)c(C5CC5)c4)c3)c3ccc(C)cc3)CC2)cc(OC)c1OC. The molecule has 7 heteroatoms. The standard InChI is InChI=1S/C47H59N3O4/c1-7-9-39-26-35(28-44(51-3)46(39)53-5)15-14-34(20-23-48)31-49-24-21-42(22-25-49)50(41-18-12-33(2)13-19-41)32-36-10-8-11-38(27-36)40-29-43(37-16-17-37)47(54-6)45(30-40)52-4/h8,10-14,18-20,23,26-30,37,42H,7,9,15-17,21-22,24-25,31-32,48H2,1-6H3/b23-20-,34-14+. The highest BCUT2D eigenvalue weighted by molar-refractivity contribution is 5.71. The van der Waals surface area contributed by atoms with Gasteiger partial charge in [0.2, 0.25) is 0 Å². The van der Waals surface area contributed by atoms with Crippen molar-refractivity contribution >= 4 is 5.69 Å². The molecular formula is C47H59N3O4. The Morgan fingerprint density at radius 2 is 1.52 bits per heavy atom. The minimum Gasteiger partial charge on any atom is -0.493 e. The summed E-state index contributed by atoms with van der Waals surface area (Å²) in [5, 5.41) is 0. The third-order valence-corrected chi connectivity index (χ3v) is 11.0. The Morgan fingerprint density at radius 1 is 0.796 bits per heavy atom. The molecule has 7 nitrogen and oxygen atoms in total. The minimum absolute atomic E-state index is 0.427. The average Bonchev–Trinajstić information content (AvgIpc) is 4.05. The van der Waals surface area contributed by atoms with Gasteiger partial charge < -0.3 is 29.6 Å². The Kier molecular flexibility index (Phi) is 13.3. The second kappa shape index (κ2) is 18.4. The number of hydrogen-bond acceptors (Lipinski definition) is 7. The summed E-state index contributed by atoms with van der Waals surface area (Å²) in [6.45, 7) is 8.11.